The average molecular weight is 427 g/mol. The van der Waals surface area contributed by atoms with Crippen LogP contribution in [-0.2, 0) is 6.42 Å². The molecule has 0 saturated carbocycles. The van der Waals surface area contributed by atoms with Crippen LogP contribution >= 0.6 is 0 Å². The zero-order valence-electron chi connectivity index (χ0n) is 21.0. The normalized spacial score (nSPS) is 15.0. The summed E-state index contributed by atoms with van der Waals surface area (Å²) in [7, 11) is 0. The van der Waals surface area contributed by atoms with Crippen LogP contribution in [0.25, 0.3) is 0 Å². The van der Waals surface area contributed by atoms with E-state index in [1.807, 2.05) is 20.8 Å². The van der Waals surface area contributed by atoms with Crippen molar-refractivity contribution in [3.63, 3.8) is 0 Å². The van der Waals surface area contributed by atoms with Gasteiger partial charge in [-0.05, 0) is 54.6 Å². The summed E-state index contributed by atoms with van der Waals surface area (Å²) in [6, 6.07) is 3.24. The molecule has 0 spiro atoms. The lowest BCUT2D eigenvalue weighted by atomic mass is 9.83. The number of halogens is 2. The van der Waals surface area contributed by atoms with Crippen molar-refractivity contribution in [1.29, 1.82) is 0 Å². The number of hydrogen-bond acceptors (Lipinski definition) is 1. The second kappa shape index (κ2) is 16.6. The van der Waals surface area contributed by atoms with Crippen LogP contribution in [0, 0.1) is 35.3 Å². The van der Waals surface area contributed by atoms with E-state index in [-0.39, 0.29) is 5.75 Å². The van der Waals surface area contributed by atoms with Crippen LogP contribution in [0.3, 0.4) is 0 Å². The molecule has 0 fully saturated rings. The molecule has 0 heterocycles. The SMILES string of the molecule is CC.CCCOc1ccc(CCC(C)CCC(C)C(C)CCC(C)CC)c(F)c1F. The van der Waals surface area contributed by atoms with E-state index in [1.54, 1.807) is 12.1 Å². The highest BCUT2D eigenvalue weighted by Crippen LogP contribution is 2.28. The minimum absolute atomic E-state index is 0.0244. The number of aryl methyl sites for hydroxylation is 1. The van der Waals surface area contributed by atoms with E-state index >= 15 is 0 Å². The summed E-state index contributed by atoms with van der Waals surface area (Å²) in [6.07, 6.45) is 8.49. The van der Waals surface area contributed by atoms with Crippen molar-refractivity contribution in [2.24, 2.45) is 23.7 Å². The Bertz CT molecular complexity index is 558. The maximum atomic E-state index is 14.3. The van der Waals surface area contributed by atoms with E-state index < -0.39 is 11.6 Å². The molecule has 0 amide bonds. The predicted molar refractivity (Wildman–Crippen MR) is 127 cm³/mol. The summed E-state index contributed by atoms with van der Waals surface area (Å²) in [4.78, 5) is 0. The molecule has 1 aromatic rings. The van der Waals surface area contributed by atoms with Crippen molar-refractivity contribution in [2.75, 3.05) is 6.61 Å². The van der Waals surface area contributed by atoms with Crippen LogP contribution in [0.15, 0.2) is 12.1 Å². The number of ether oxygens (including phenoxy) is 1. The van der Waals surface area contributed by atoms with Crippen molar-refractivity contribution in [3.8, 4) is 5.75 Å². The lowest BCUT2D eigenvalue weighted by molar-refractivity contribution is 0.290. The molecule has 1 aromatic carbocycles. The molecule has 0 aliphatic carbocycles. The van der Waals surface area contributed by atoms with Gasteiger partial charge < -0.3 is 4.74 Å². The number of hydrogen-bond donors (Lipinski definition) is 0. The first-order valence-electron chi connectivity index (χ1n) is 12.4. The molecule has 1 nitrogen and oxygen atoms in total. The Kier molecular flexibility index (Phi) is 15.9. The Morgan fingerprint density at radius 1 is 0.767 bits per heavy atom. The van der Waals surface area contributed by atoms with Crippen LogP contribution in [0.2, 0.25) is 0 Å². The lowest BCUT2D eigenvalue weighted by Crippen LogP contribution is -2.11. The van der Waals surface area contributed by atoms with Crippen molar-refractivity contribution in [1.82, 2.24) is 0 Å². The summed E-state index contributed by atoms with van der Waals surface area (Å²) in [5.41, 5.74) is 0.461. The summed E-state index contributed by atoms with van der Waals surface area (Å²) in [5, 5.41) is 0. The standard InChI is InChI=1S/C25H42F2O.C2H6/c1-7-17-28-23-16-15-22(24(26)25(23)27)14-11-19(4)10-13-21(6)20(5)12-9-18(3)8-2;1-2/h15-16,18-21H,7-14,17H2,1-6H3;1-2H3. The average Bonchev–Trinajstić information content (AvgIpc) is 2.77. The van der Waals surface area contributed by atoms with Crippen LogP contribution in [-0.4, -0.2) is 6.61 Å². The highest BCUT2D eigenvalue weighted by Gasteiger charge is 2.17. The Hall–Kier alpha value is -1.12. The molecular formula is C27H48F2O. The Morgan fingerprint density at radius 2 is 1.33 bits per heavy atom. The molecule has 0 aliphatic heterocycles. The maximum Gasteiger partial charge on any atom is 0.200 e. The summed E-state index contributed by atoms with van der Waals surface area (Å²) >= 11 is 0. The van der Waals surface area contributed by atoms with Crippen LogP contribution in [0.5, 0.6) is 5.75 Å². The third-order valence-corrected chi connectivity index (χ3v) is 6.39. The van der Waals surface area contributed by atoms with E-state index in [2.05, 4.69) is 34.6 Å². The quantitative estimate of drug-likeness (QED) is 0.288. The van der Waals surface area contributed by atoms with E-state index in [1.165, 1.54) is 25.7 Å². The first-order chi connectivity index (χ1) is 14.3. The second-order valence-electron chi connectivity index (χ2n) is 8.97. The second-order valence-corrected chi connectivity index (χ2v) is 8.97. The van der Waals surface area contributed by atoms with Gasteiger partial charge in [-0.1, -0.05) is 93.6 Å². The molecule has 30 heavy (non-hydrogen) atoms. The highest BCUT2D eigenvalue weighted by molar-refractivity contribution is 5.31. The summed E-state index contributed by atoms with van der Waals surface area (Å²) in [5.74, 6) is 1.25. The highest BCUT2D eigenvalue weighted by atomic mass is 19.2. The van der Waals surface area contributed by atoms with Gasteiger partial charge in [-0.3, -0.25) is 0 Å². The lowest BCUT2D eigenvalue weighted by Gasteiger charge is -2.23. The maximum absolute atomic E-state index is 14.3. The molecule has 0 aliphatic rings. The van der Waals surface area contributed by atoms with Gasteiger partial charge >= 0.3 is 0 Å². The fourth-order valence-corrected chi connectivity index (χ4v) is 3.50. The van der Waals surface area contributed by atoms with Gasteiger partial charge in [0.05, 0.1) is 6.61 Å². The molecule has 0 radical (unpaired) electrons. The van der Waals surface area contributed by atoms with Gasteiger partial charge in [0.15, 0.2) is 11.6 Å². The first-order valence-corrected chi connectivity index (χ1v) is 12.4. The molecule has 0 bridgehead atoms. The van der Waals surface area contributed by atoms with E-state index in [9.17, 15) is 8.78 Å². The molecule has 3 heteroatoms. The van der Waals surface area contributed by atoms with Crippen LogP contribution in [0.4, 0.5) is 8.78 Å². The van der Waals surface area contributed by atoms with Gasteiger partial charge in [-0.2, -0.15) is 4.39 Å². The molecule has 176 valence electrons. The zero-order valence-corrected chi connectivity index (χ0v) is 21.0. The molecule has 4 unspecified atom stereocenters. The Balaban J connectivity index is 0.00000407. The zero-order chi connectivity index (χ0) is 23.1. The summed E-state index contributed by atoms with van der Waals surface area (Å²) < 4.78 is 33.7. The monoisotopic (exact) mass is 426 g/mol. The van der Waals surface area contributed by atoms with Crippen molar-refractivity contribution in [2.45, 2.75) is 107 Å². The van der Waals surface area contributed by atoms with E-state index in [4.69, 9.17) is 4.74 Å². The van der Waals surface area contributed by atoms with Crippen molar-refractivity contribution >= 4 is 0 Å². The van der Waals surface area contributed by atoms with E-state index in [0.717, 1.165) is 37.0 Å². The van der Waals surface area contributed by atoms with Gasteiger partial charge in [0, 0.05) is 0 Å². The first kappa shape index (κ1) is 28.9. The fourth-order valence-electron chi connectivity index (χ4n) is 3.50. The topological polar surface area (TPSA) is 9.23 Å². The largest absolute Gasteiger partial charge is 0.490 e. The molecular weight excluding hydrogens is 378 g/mol. The van der Waals surface area contributed by atoms with Gasteiger partial charge in [0.1, 0.15) is 0 Å². The van der Waals surface area contributed by atoms with Gasteiger partial charge in [-0.25, -0.2) is 4.39 Å². The van der Waals surface area contributed by atoms with Gasteiger partial charge in [0.25, 0.3) is 0 Å². The number of rotatable bonds is 14. The Morgan fingerprint density at radius 3 is 1.87 bits per heavy atom. The Labute approximate surface area is 186 Å². The molecule has 4 atom stereocenters. The van der Waals surface area contributed by atoms with Crippen LogP contribution < -0.4 is 4.74 Å². The molecule has 0 aromatic heterocycles. The summed E-state index contributed by atoms with van der Waals surface area (Å²) in [6.45, 7) is 17.9. The fraction of sp³-hybridized carbons (Fsp3) is 0.778. The minimum atomic E-state index is -0.845. The predicted octanol–water partition coefficient (Wildman–Crippen LogP) is 9.23. The van der Waals surface area contributed by atoms with Gasteiger partial charge in [0.2, 0.25) is 5.82 Å². The molecule has 0 N–H and O–H groups in total. The molecule has 0 saturated heterocycles. The number of benzene rings is 1. The van der Waals surface area contributed by atoms with Crippen molar-refractivity contribution in [3.05, 3.63) is 29.3 Å². The molecule has 1 rings (SSSR count). The van der Waals surface area contributed by atoms with E-state index in [0.29, 0.717) is 24.5 Å². The minimum Gasteiger partial charge on any atom is -0.490 e. The van der Waals surface area contributed by atoms with Crippen molar-refractivity contribution < 1.29 is 13.5 Å². The van der Waals surface area contributed by atoms with Crippen LogP contribution in [0.1, 0.15) is 106 Å². The third kappa shape index (κ3) is 10.8. The smallest absolute Gasteiger partial charge is 0.200 e. The van der Waals surface area contributed by atoms with Gasteiger partial charge in [-0.15, -0.1) is 0 Å². The third-order valence-electron chi connectivity index (χ3n) is 6.39.